The van der Waals surface area contributed by atoms with E-state index in [0.717, 1.165) is 12.1 Å². The first kappa shape index (κ1) is 24.7. The van der Waals surface area contributed by atoms with E-state index in [1.807, 2.05) is 0 Å². The van der Waals surface area contributed by atoms with Crippen molar-refractivity contribution in [2.24, 2.45) is 0 Å². The highest BCUT2D eigenvalue weighted by molar-refractivity contribution is 6.28. The number of nitrogens with zero attached hydrogens (tertiary/aromatic N) is 3. The topological polar surface area (TPSA) is 109 Å². The van der Waals surface area contributed by atoms with Crippen molar-refractivity contribution >= 4 is 34.0 Å². The summed E-state index contributed by atoms with van der Waals surface area (Å²) in [6, 6.07) is 4.88. The fourth-order valence-electron chi connectivity index (χ4n) is 3.70. The third-order valence-electron chi connectivity index (χ3n) is 5.47. The van der Waals surface area contributed by atoms with Crippen LogP contribution in [0.5, 0.6) is 11.5 Å². The normalized spacial score (nSPS) is 16.8. The van der Waals surface area contributed by atoms with Crippen molar-refractivity contribution in [1.29, 1.82) is 0 Å². The molecule has 4 rings (SSSR count). The number of benzene rings is 2. The van der Waals surface area contributed by atoms with Gasteiger partial charge in [0.2, 0.25) is 5.28 Å². The van der Waals surface area contributed by atoms with Crippen molar-refractivity contribution in [2.45, 2.75) is 31.7 Å². The van der Waals surface area contributed by atoms with Crippen LogP contribution in [0.15, 0.2) is 30.3 Å². The van der Waals surface area contributed by atoms with Gasteiger partial charge in [-0.2, -0.15) is 13.2 Å². The molecule has 1 fully saturated rings. The zero-order chi connectivity index (χ0) is 25.3. The first-order chi connectivity index (χ1) is 16.5. The number of halogens is 4. The average molecular weight is 513 g/mol. The van der Waals surface area contributed by atoms with Gasteiger partial charge < -0.3 is 19.5 Å². The molecule has 0 amide bonds. The van der Waals surface area contributed by atoms with Crippen LogP contribution in [0.2, 0.25) is 5.28 Å². The highest BCUT2D eigenvalue weighted by atomic mass is 35.5. The van der Waals surface area contributed by atoms with Gasteiger partial charge in [-0.25, -0.2) is 9.97 Å². The summed E-state index contributed by atoms with van der Waals surface area (Å²) in [5.74, 6) is 1.03. The minimum absolute atomic E-state index is 0.0440. The van der Waals surface area contributed by atoms with E-state index in [1.165, 1.54) is 7.11 Å². The zero-order valence-electron chi connectivity index (χ0n) is 18.6. The second-order valence-corrected chi connectivity index (χ2v) is 8.24. The number of nitro benzene ring substituents is 1. The standard InChI is InChI=1S/C22H20ClF3N4O5/c1-11(12-5-13(22(24,25)26)7-14(6-12)30(31)32)27-20-16-8-19(35-15-3-4-34-10-15)18(33-2)9-17(16)28-21(23)29-20/h5-9,11,15H,3-4,10H2,1-2H3,(H,27,28,29)/t11?,15-/m0/s1. The van der Waals surface area contributed by atoms with Crippen LogP contribution in [0.25, 0.3) is 10.9 Å². The maximum atomic E-state index is 13.3. The Hall–Kier alpha value is -3.38. The van der Waals surface area contributed by atoms with Crippen LogP contribution in [-0.2, 0) is 10.9 Å². The number of non-ortho nitro benzene ring substituents is 1. The number of anilines is 1. The van der Waals surface area contributed by atoms with Gasteiger partial charge >= 0.3 is 6.18 Å². The molecule has 1 N–H and O–H groups in total. The summed E-state index contributed by atoms with van der Waals surface area (Å²) in [6.07, 6.45) is -4.22. The minimum atomic E-state index is -4.75. The number of nitrogens with one attached hydrogen (secondary N) is 1. The summed E-state index contributed by atoms with van der Waals surface area (Å²) >= 11 is 6.09. The molecule has 1 aliphatic heterocycles. The van der Waals surface area contributed by atoms with E-state index in [9.17, 15) is 23.3 Å². The molecule has 1 aromatic heterocycles. The number of alkyl halides is 3. The highest BCUT2D eigenvalue weighted by Gasteiger charge is 2.33. The van der Waals surface area contributed by atoms with E-state index in [-0.39, 0.29) is 22.8 Å². The Bertz CT molecular complexity index is 1270. The lowest BCUT2D eigenvalue weighted by molar-refractivity contribution is -0.385. The number of rotatable bonds is 7. The summed E-state index contributed by atoms with van der Waals surface area (Å²) in [7, 11) is 1.48. The molecule has 13 heteroatoms. The molecule has 9 nitrogen and oxygen atoms in total. The molecule has 0 saturated carbocycles. The largest absolute Gasteiger partial charge is 0.493 e. The molecule has 1 saturated heterocycles. The maximum absolute atomic E-state index is 13.3. The van der Waals surface area contributed by atoms with E-state index in [2.05, 4.69) is 15.3 Å². The number of hydrogen-bond acceptors (Lipinski definition) is 8. The fraction of sp³-hybridized carbons (Fsp3) is 0.364. The summed E-state index contributed by atoms with van der Waals surface area (Å²) in [5.41, 5.74) is -1.35. The van der Waals surface area contributed by atoms with Crippen LogP contribution in [0, 0.1) is 10.1 Å². The van der Waals surface area contributed by atoms with Crippen molar-refractivity contribution in [3.63, 3.8) is 0 Å². The molecule has 3 aromatic rings. The van der Waals surface area contributed by atoms with Gasteiger partial charge in [-0.15, -0.1) is 0 Å². The van der Waals surface area contributed by atoms with Gasteiger partial charge in [0.05, 0.1) is 42.4 Å². The average Bonchev–Trinajstić information content (AvgIpc) is 3.31. The molecule has 2 aromatic carbocycles. The predicted octanol–water partition coefficient (Wildman–Crippen LogP) is 5.56. The number of aromatic nitrogens is 2. The molecule has 1 unspecified atom stereocenters. The molecule has 35 heavy (non-hydrogen) atoms. The van der Waals surface area contributed by atoms with Gasteiger partial charge in [0, 0.05) is 30.0 Å². The Labute approximate surface area is 202 Å². The van der Waals surface area contributed by atoms with Gasteiger partial charge in [0.1, 0.15) is 11.9 Å². The number of nitro groups is 1. The SMILES string of the molecule is COc1cc2nc(Cl)nc(NC(C)c3cc([N+](=O)[O-])cc(C(F)(F)F)c3)c2cc1O[C@H]1CCOC1. The Morgan fingerprint density at radius 2 is 2.00 bits per heavy atom. The third kappa shape index (κ3) is 5.49. The van der Waals surface area contributed by atoms with Crippen molar-refractivity contribution in [2.75, 3.05) is 25.6 Å². The van der Waals surface area contributed by atoms with Crippen LogP contribution >= 0.6 is 11.6 Å². The van der Waals surface area contributed by atoms with E-state index in [4.69, 9.17) is 25.8 Å². The van der Waals surface area contributed by atoms with Gasteiger partial charge in [-0.05, 0) is 36.2 Å². The Kier molecular flexibility index (Phi) is 6.86. The lowest BCUT2D eigenvalue weighted by Crippen LogP contribution is -2.16. The van der Waals surface area contributed by atoms with E-state index in [0.29, 0.717) is 48.1 Å². The van der Waals surface area contributed by atoms with Crippen LogP contribution in [0.3, 0.4) is 0 Å². The maximum Gasteiger partial charge on any atom is 0.416 e. The highest BCUT2D eigenvalue weighted by Crippen LogP contribution is 2.38. The predicted molar refractivity (Wildman–Crippen MR) is 121 cm³/mol. The molecule has 0 aliphatic carbocycles. The van der Waals surface area contributed by atoms with Crippen molar-refractivity contribution in [1.82, 2.24) is 9.97 Å². The Morgan fingerprint density at radius 1 is 1.23 bits per heavy atom. The molecule has 0 bridgehead atoms. The second kappa shape index (κ2) is 9.70. The number of ether oxygens (including phenoxy) is 3. The molecular weight excluding hydrogens is 493 g/mol. The van der Waals surface area contributed by atoms with Gasteiger partial charge in [0.15, 0.2) is 11.5 Å². The second-order valence-electron chi connectivity index (χ2n) is 7.90. The lowest BCUT2D eigenvalue weighted by Gasteiger charge is -2.19. The quantitative estimate of drug-likeness (QED) is 0.249. The molecule has 0 radical (unpaired) electrons. The fourth-order valence-corrected chi connectivity index (χ4v) is 3.87. The molecule has 2 heterocycles. The van der Waals surface area contributed by atoms with E-state index < -0.39 is 28.4 Å². The third-order valence-corrected chi connectivity index (χ3v) is 5.64. The molecule has 186 valence electrons. The molecule has 2 atom stereocenters. The first-order valence-corrected chi connectivity index (χ1v) is 10.9. The van der Waals surface area contributed by atoms with Crippen LogP contribution in [0.4, 0.5) is 24.7 Å². The summed E-state index contributed by atoms with van der Waals surface area (Å²) in [6.45, 7) is 2.55. The van der Waals surface area contributed by atoms with Crippen LogP contribution < -0.4 is 14.8 Å². The van der Waals surface area contributed by atoms with Crippen LogP contribution in [-0.4, -0.2) is 41.3 Å². The summed E-state index contributed by atoms with van der Waals surface area (Å²) in [5, 5.41) is 14.6. The minimum Gasteiger partial charge on any atom is -0.493 e. The van der Waals surface area contributed by atoms with Crippen LogP contribution in [0.1, 0.15) is 30.5 Å². The van der Waals surface area contributed by atoms with E-state index in [1.54, 1.807) is 19.1 Å². The number of methoxy groups -OCH3 is 1. The lowest BCUT2D eigenvalue weighted by atomic mass is 10.0. The zero-order valence-corrected chi connectivity index (χ0v) is 19.3. The van der Waals surface area contributed by atoms with Gasteiger partial charge in [0.25, 0.3) is 5.69 Å². The molecular formula is C22H20ClF3N4O5. The Morgan fingerprint density at radius 3 is 2.63 bits per heavy atom. The Balaban J connectivity index is 1.74. The van der Waals surface area contributed by atoms with Gasteiger partial charge in [-0.1, -0.05) is 0 Å². The smallest absolute Gasteiger partial charge is 0.416 e. The monoisotopic (exact) mass is 512 g/mol. The summed E-state index contributed by atoms with van der Waals surface area (Å²) in [4.78, 5) is 18.7. The van der Waals surface area contributed by atoms with Crippen molar-refractivity contribution in [3.05, 3.63) is 56.9 Å². The molecule has 0 spiro atoms. The van der Waals surface area contributed by atoms with Crippen molar-refractivity contribution < 1.29 is 32.3 Å². The first-order valence-electron chi connectivity index (χ1n) is 10.5. The summed E-state index contributed by atoms with van der Waals surface area (Å²) < 4.78 is 56.8. The van der Waals surface area contributed by atoms with E-state index >= 15 is 0 Å². The van der Waals surface area contributed by atoms with Gasteiger partial charge in [-0.3, -0.25) is 10.1 Å². The molecule has 1 aliphatic rings. The number of fused-ring (bicyclic) bond motifs is 1. The van der Waals surface area contributed by atoms with Crippen molar-refractivity contribution in [3.8, 4) is 11.5 Å². The number of hydrogen-bond donors (Lipinski definition) is 1.